The fourth-order valence-corrected chi connectivity index (χ4v) is 2.65. The van der Waals surface area contributed by atoms with Gasteiger partial charge in [-0.1, -0.05) is 6.42 Å². The summed E-state index contributed by atoms with van der Waals surface area (Å²) < 4.78 is 0. The summed E-state index contributed by atoms with van der Waals surface area (Å²) in [7, 11) is 0. The molecule has 1 N–H and O–H groups in total. The van der Waals surface area contributed by atoms with E-state index in [-0.39, 0.29) is 0 Å². The molecule has 1 fully saturated rings. The molecule has 3 heteroatoms. The third-order valence-corrected chi connectivity index (χ3v) is 3.68. The molecule has 0 spiro atoms. The molecule has 0 amide bonds. The maximum absolute atomic E-state index is 4.56. The van der Waals surface area contributed by atoms with E-state index in [1.165, 1.54) is 31.5 Å². The van der Waals surface area contributed by atoms with Gasteiger partial charge in [0, 0.05) is 25.2 Å². The molecule has 0 saturated carbocycles. The van der Waals surface area contributed by atoms with E-state index in [0.29, 0.717) is 0 Å². The summed E-state index contributed by atoms with van der Waals surface area (Å²) in [5.41, 5.74) is 0. The number of likely N-dealkylation sites (tertiary alicyclic amines) is 1. The third kappa shape index (κ3) is 2.71. The lowest BCUT2D eigenvalue weighted by molar-refractivity contribution is 0.122. The van der Waals surface area contributed by atoms with Crippen LogP contribution < -0.4 is 5.32 Å². The van der Waals surface area contributed by atoms with Crippen molar-refractivity contribution in [3.05, 3.63) is 0 Å². The Morgan fingerprint density at radius 3 is 2.60 bits per heavy atom. The van der Waals surface area contributed by atoms with Gasteiger partial charge in [-0.3, -0.25) is 9.89 Å². The van der Waals surface area contributed by atoms with E-state index in [4.69, 9.17) is 0 Å². The first-order valence-corrected chi connectivity index (χ1v) is 6.30. The van der Waals surface area contributed by atoms with E-state index in [1.807, 2.05) is 0 Å². The summed E-state index contributed by atoms with van der Waals surface area (Å²) in [4.78, 5) is 7.15. The lowest BCUT2D eigenvalue weighted by atomic mass is 9.97. The molecular formula is C12H23N3. The minimum absolute atomic E-state index is 0.722. The zero-order chi connectivity index (χ0) is 10.7. The van der Waals surface area contributed by atoms with Gasteiger partial charge < -0.3 is 5.32 Å². The molecule has 15 heavy (non-hydrogen) atoms. The van der Waals surface area contributed by atoms with Crippen LogP contribution in [0.2, 0.25) is 0 Å². The number of nitrogens with zero attached hydrogens (tertiary/aromatic N) is 2. The molecule has 2 rings (SSSR count). The van der Waals surface area contributed by atoms with Crippen LogP contribution in [0.5, 0.6) is 0 Å². The van der Waals surface area contributed by atoms with Gasteiger partial charge in [0.1, 0.15) is 5.84 Å². The SMILES string of the molecule is CC1CCCC(C)N1CC1=NCCCN1. The highest BCUT2D eigenvalue weighted by Crippen LogP contribution is 2.21. The fraction of sp³-hybridized carbons (Fsp3) is 0.917. The molecule has 0 radical (unpaired) electrons. The Kier molecular flexibility index (Phi) is 3.62. The van der Waals surface area contributed by atoms with Crippen LogP contribution in [-0.2, 0) is 0 Å². The smallest absolute Gasteiger partial charge is 0.111 e. The molecule has 0 aromatic carbocycles. The molecule has 3 nitrogen and oxygen atoms in total. The maximum atomic E-state index is 4.56. The van der Waals surface area contributed by atoms with Gasteiger partial charge in [-0.15, -0.1) is 0 Å². The van der Waals surface area contributed by atoms with Crippen LogP contribution in [0.4, 0.5) is 0 Å². The second-order valence-electron chi connectivity index (χ2n) is 4.91. The van der Waals surface area contributed by atoms with Crippen molar-refractivity contribution in [1.29, 1.82) is 0 Å². The quantitative estimate of drug-likeness (QED) is 0.748. The molecule has 0 aromatic rings. The highest BCUT2D eigenvalue weighted by atomic mass is 15.2. The Balaban J connectivity index is 1.93. The van der Waals surface area contributed by atoms with Gasteiger partial charge in [0.15, 0.2) is 0 Å². The number of nitrogens with one attached hydrogen (secondary N) is 1. The van der Waals surface area contributed by atoms with Crippen LogP contribution >= 0.6 is 0 Å². The predicted molar refractivity (Wildman–Crippen MR) is 64.4 cm³/mol. The molecular weight excluding hydrogens is 186 g/mol. The van der Waals surface area contributed by atoms with Gasteiger partial charge in [0.05, 0.1) is 6.54 Å². The highest BCUT2D eigenvalue weighted by Gasteiger charge is 2.25. The average molecular weight is 209 g/mol. The number of hydrogen-bond donors (Lipinski definition) is 1. The summed E-state index contributed by atoms with van der Waals surface area (Å²) >= 11 is 0. The monoisotopic (exact) mass is 209 g/mol. The lowest BCUT2D eigenvalue weighted by Crippen LogP contribution is -2.49. The van der Waals surface area contributed by atoms with Crippen molar-refractivity contribution in [3.8, 4) is 0 Å². The zero-order valence-corrected chi connectivity index (χ0v) is 10.00. The normalized spacial score (nSPS) is 33.3. The maximum Gasteiger partial charge on any atom is 0.111 e. The molecule has 0 bridgehead atoms. The van der Waals surface area contributed by atoms with Crippen LogP contribution in [0.3, 0.4) is 0 Å². The first kappa shape index (κ1) is 10.9. The Morgan fingerprint density at radius 1 is 1.27 bits per heavy atom. The van der Waals surface area contributed by atoms with Crippen molar-refractivity contribution in [2.45, 2.75) is 51.6 Å². The van der Waals surface area contributed by atoms with Crippen molar-refractivity contribution in [2.24, 2.45) is 4.99 Å². The lowest BCUT2D eigenvalue weighted by Gasteiger charge is -2.39. The Bertz CT molecular complexity index is 227. The molecule has 2 unspecified atom stereocenters. The number of hydrogen-bond acceptors (Lipinski definition) is 3. The van der Waals surface area contributed by atoms with Crippen molar-refractivity contribution in [2.75, 3.05) is 19.6 Å². The van der Waals surface area contributed by atoms with Gasteiger partial charge in [0.2, 0.25) is 0 Å². The Morgan fingerprint density at radius 2 is 2.00 bits per heavy atom. The zero-order valence-electron chi connectivity index (χ0n) is 10.00. The number of rotatable bonds is 2. The first-order valence-electron chi connectivity index (χ1n) is 6.30. The van der Waals surface area contributed by atoms with E-state index >= 15 is 0 Å². The second-order valence-corrected chi connectivity index (χ2v) is 4.91. The number of aliphatic imine (C=N–C) groups is 1. The topological polar surface area (TPSA) is 27.6 Å². The molecule has 2 heterocycles. The molecule has 2 aliphatic rings. The van der Waals surface area contributed by atoms with Crippen LogP contribution in [0.15, 0.2) is 4.99 Å². The van der Waals surface area contributed by atoms with Gasteiger partial charge >= 0.3 is 0 Å². The fourth-order valence-electron chi connectivity index (χ4n) is 2.65. The standard InChI is InChI=1S/C12H23N3/c1-10-5-3-6-11(2)15(10)9-12-13-7-4-8-14-12/h10-11H,3-9H2,1-2H3,(H,13,14). The number of amidine groups is 1. The highest BCUT2D eigenvalue weighted by molar-refractivity contribution is 5.84. The van der Waals surface area contributed by atoms with Crippen molar-refractivity contribution >= 4 is 5.84 Å². The van der Waals surface area contributed by atoms with Crippen molar-refractivity contribution < 1.29 is 0 Å². The minimum Gasteiger partial charge on any atom is -0.373 e. The van der Waals surface area contributed by atoms with Crippen LogP contribution in [-0.4, -0.2) is 42.5 Å². The van der Waals surface area contributed by atoms with Crippen molar-refractivity contribution in [1.82, 2.24) is 10.2 Å². The predicted octanol–water partition coefficient (Wildman–Crippen LogP) is 1.64. The Hall–Kier alpha value is -0.570. The largest absolute Gasteiger partial charge is 0.373 e. The van der Waals surface area contributed by atoms with E-state index in [0.717, 1.165) is 31.7 Å². The van der Waals surface area contributed by atoms with E-state index < -0.39 is 0 Å². The van der Waals surface area contributed by atoms with Gasteiger partial charge in [-0.2, -0.15) is 0 Å². The molecule has 1 saturated heterocycles. The van der Waals surface area contributed by atoms with Crippen LogP contribution in [0.1, 0.15) is 39.5 Å². The van der Waals surface area contributed by atoms with E-state index in [1.54, 1.807) is 0 Å². The summed E-state index contributed by atoms with van der Waals surface area (Å²) in [6.07, 6.45) is 5.27. The molecule has 86 valence electrons. The number of piperidine rings is 1. The first-order chi connectivity index (χ1) is 7.27. The average Bonchev–Trinajstić information content (AvgIpc) is 2.25. The van der Waals surface area contributed by atoms with Crippen LogP contribution in [0.25, 0.3) is 0 Å². The third-order valence-electron chi connectivity index (χ3n) is 3.68. The Labute approximate surface area is 92.9 Å². The van der Waals surface area contributed by atoms with E-state index in [2.05, 4.69) is 29.1 Å². The van der Waals surface area contributed by atoms with E-state index in [9.17, 15) is 0 Å². The van der Waals surface area contributed by atoms with Gasteiger partial charge in [0.25, 0.3) is 0 Å². The minimum atomic E-state index is 0.722. The molecule has 0 aliphatic carbocycles. The van der Waals surface area contributed by atoms with Crippen molar-refractivity contribution in [3.63, 3.8) is 0 Å². The second kappa shape index (κ2) is 4.97. The van der Waals surface area contributed by atoms with Gasteiger partial charge in [-0.25, -0.2) is 0 Å². The molecule has 0 aromatic heterocycles. The van der Waals surface area contributed by atoms with Crippen LogP contribution in [0, 0.1) is 0 Å². The molecule has 2 aliphatic heterocycles. The molecule has 2 atom stereocenters. The summed E-state index contributed by atoms with van der Waals surface area (Å²) in [5, 5.41) is 3.42. The van der Waals surface area contributed by atoms with Gasteiger partial charge in [-0.05, 0) is 33.1 Å². The summed E-state index contributed by atoms with van der Waals surface area (Å²) in [5.74, 6) is 1.21. The summed E-state index contributed by atoms with van der Waals surface area (Å²) in [6.45, 7) is 7.84. The summed E-state index contributed by atoms with van der Waals surface area (Å²) in [6, 6.07) is 1.44.